The lowest BCUT2D eigenvalue weighted by atomic mass is 10.1. The highest BCUT2D eigenvalue weighted by Gasteiger charge is 2.07. The first-order valence-electron chi connectivity index (χ1n) is 8.92. The molecule has 3 aromatic rings. The van der Waals surface area contributed by atoms with Gasteiger partial charge in [-0.15, -0.1) is 11.3 Å². The molecule has 4 nitrogen and oxygen atoms in total. The summed E-state index contributed by atoms with van der Waals surface area (Å²) in [7, 11) is 0. The van der Waals surface area contributed by atoms with Crippen LogP contribution in [0.1, 0.15) is 33.3 Å². The lowest BCUT2D eigenvalue weighted by molar-refractivity contribution is -0.120. The summed E-state index contributed by atoms with van der Waals surface area (Å²) < 4.78 is 0. The average Bonchev–Trinajstić information content (AvgIpc) is 3.21. The summed E-state index contributed by atoms with van der Waals surface area (Å²) in [5.41, 5.74) is 3.45. The van der Waals surface area contributed by atoms with Crippen molar-refractivity contribution in [3.63, 3.8) is 0 Å². The molecule has 5 heteroatoms. The predicted molar refractivity (Wildman–Crippen MR) is 110 cm³/mol. The van der Waals surface area contributed by atoms with Crippen LogP contribution < -0.4 is 10.6 Å². The number of amides is 2. The average molecular weight is 378 g/mol. The van der Waals surface area contributed by atoms with Crippen LogP contribution in [0.5, 0.6) is 0 Å². The minimum Gasteiger partial charge on any atom is -0.351 e. The fraction of sp³-hybridized carbons (Fsp3) is 0.182. The van der Waals surface area contributed by atoms with Crippen molar-refractivity contribution in [2.45, 2.75) is 26.3 Å². The van der Waals surface area contributed by atoms with Crippen LogP contribution in [-0.2, 0) is 24.2 Å². The van der Waals surface area contributed by atoms with Gasteiger partial charge in [-0.3, -0.25) is 9.59 Å². The van der Waals surface area contributed by atoms with E-state index in [1.54, 1.807) is 11.3 Å². The molecule has 27 heavy (non-hydrogen) atoms. The second-order valence-corrected chi connectivity index (χ2v) is 7.27. The van der Waals surface area contributed by atoms with E-state index in [1.165, 1.54) is 5.56 Å². The zero-order chi connectivity index (χ0) is 19.1. The highest BCUT2D eigenvalue weighted by molar-refractivity contribution is 7.09. The normalized spacial score (nSPS) is 10.4. The summed E-state index contributed by atoms with van der Waals surface area (Å²) in [5.74, 6) is -0.157. The van der Waals surface area contributed by atoms with Crippen molar-refractivity contribution in [3.05, 3.63) is 87.6 Å². The molecular weight excluding hydrogens is 356 g/mol. The molecule has 0 aliphatic heterocycles. The molecular formula is C22H22N2O2S. The van der Waals surface area contributed by atoms with Crippen LogP contribution in [0.2, 0.25) is 0 Å². The highest BCUT2D eigenvalue weighted by Crippen LogP contribution is 2.13. The van der Waals surface area contributed by atoms with Gasteiger partial charge >= 0.3 is 0 Å². The van der Waals surface area contributed by atoms with Crippen molar-refractivity contribution in [1.82, 2.24) is 5.32 Å². The van der Waals surface area contributed by atoms with Crippen LogP contribution in [0, 0.1) is 0 Å². The number of thiophene rings is 1. The Morgan fingerprint density at radius 3 is 2.26 bits per heavy atom. The van der Waals surface area contributed by atoms with Crippen LogP contribution in [0.3, 0.4) is 0 Å². The van der Waals surface area contributed by atoms with E-state index in [0.29, 0.717) is 24.2 Å². The number of anilines is 1. The molecule has 1 aromatic heterocycles. The molecule has 2 N–H and O–H groups in total. The van der Waals surface area contributed by atoms with Gasteiger partial charge in [-0.25, -0.2) is 0 Å². The number of nitrogens with one attached hydrogen (secondary N) is 2. The lowest BCUT2D eigenvalue weighted by Crippen LogP contribution is -2.24. The van der Waals surface area contributed by atoms with Gasteiger partial charge in [-0.1, -0.05) is 37.3 Å². The molecule has 0 unspecified atom stereocenters. The van der Waals surface area contributed by atoms with Gasteiger partial charge in [0, 0.05) is 16.1 Å². The molecule has 0 bridgehead atoms. The fourth-order valence-corrected chi connectivity index (χ4v) is 3.29. The quantitative estimate of drug-likeness (QED) is 0.639. The van der Waals surface area contributed by atoms with E-state index in [4.69, 9.17) is 0 Å². The first kappa shape index (κ1) is 18.9. The van der Waals surface area contributed by atoms with Gasteiger partial charge < -0.3 is 10.6 Å². The van der Waals surface area contributed by atoms with E-state index in [1.807, 2.05) is 66.0 Å². The molecule has 138 valence electrons. The Bertz CT molecular complexity index is 885. The minimum atomic E-state index is -0.140. The maximum Gasteiger partial charge on any atom is 0.255 e. The molecule has 0 saturated carbocycles. The Hall–Kier alpha value is -2.92. The van der Waals surface area contributed by atoms with Gasteiger partial charge in [0.25, 0.3) is 5.91 Å². The van der Waals surface area contributed by atoms with Gasteiger partial charge in [0.2, 0.25) is 5.91 Å². The molecule has 2 aromatic carbocycles. The SMILES string of the molecule is CCc1ccc(C(=O)Nc2ccc(CC(=O)NCc3cccs3)cc2)cc1. The third-order valence-corrected chi connectivity index (χ3v) is 5.12. The molecule has 0 saturated heterocycles. The molecule has 0 radical (unpaired) electrons. The first-order valence-corrected chi connectivity index (χ1v) is 9.80. The lowest BCUT2D eigenvalue weighted by Gasteiger charge is -2.08. The zero-order valence-corrected chi connectivity index (χ0v) is 16.0. The van der Waals surface area contributed by atoms with Crippen molar-refractivity contribution in [2.75, 3.05) is 5.32 Å². The third-order valence-electron chi connectivity index (χ3n) is 4.24. The summed E-state index contributed by atoms with van der Waals surface area (Å²) in [5, 5.41) is 7.79. The first-order chi connectivity index (χ1) is 13.1. The highest BCUT2D eigenvalue weighted by atomic mass is 32.1. The Morgan fingerprint density at radius 1 is 0.926 bits per heavy atom. The Labute approximate surface area is 163 Å². The van der Waals surface area contributed by atoms with Gasteiger partial charge in [-0.2, -0.15) is 0 Å². The van der Waals surface area contributed by atoms with Crippen LogP contribution in [-0.4, -0.2) is 11.8 Å². The molecule has 2 amide bonds. The van der Waals surface area contributed by atoms with Gasteiger partial charge in [0.05, 0.1) is 13.0 Å². The Balaban J connectivity index is 1.51. The molecule has 0 spiro atoms. The fourth-order valence-electron chi connectivity index (χ4n) is 2.65. The van der Waals surface area contributed by atoms with Crippen LogP contribution >= 0.6 is 11.3 Å². The van der Waals surface area contributed by atoms with E-state index in [9.17, 15) is 9.59 Å². The van der Waals surface area contributed by atoms with Crippen molar-refractivity contribution in [2.24, 2.45) is 0 Å². The van der Waals surface area contributed by atoms with Crippen molar-refractivity contribution < 1.29 is 9.59 Å². The summed E-state index contributed by atoms with van der Waals surface area (Å²) >= 11 is 1.62. The largest absolute Gasteiger partial charge is 0.351 e. The number of benzene rings is 2. The van der Waals surface area contributed by atoms with Gasteiger partial charge in [0.1, 0.15) is 0 Å². The van der Waals surface area contributed by atoms with Crippen molar-refractivity contribution in [3.8, 4) is 0 Å². The third kappa shape index (κ3) is 5.53. The van der Waals surface area contributed by atoms with Crippen LogP contribution in [0.25, 0.3) is 0 Å². The maximum absolute atomic E-state index is 12.3. The minimum absolute atomic E-state index is 0.0174. The Morgan fingerprint density at radius 2 is 1.63 bits per heavy atom. The van der Waals surface area contributed by atoms with E-state index >= 15 is 0 Å². The van der Waals surface area contributed by atoms with Crippen LogP contribution in [0.15, 0.2) is 66.0 Å². The number of carbonyl (C=O) groups is 2. The summed E-state index contributed by atoms with van der Waals surface area (Å²) in [6.45, 7) is 2.64. The molecule has 3 rings (SSSR count). The van der Waals surface area contributed by atoms with Crippen LogP contribution in [0.4, 0.5) is 5.69 Å². The summed E-state index contributed by atoms with van der Waals surface area (Å²) in [6, 6.07) is 18.9. The number of aryl methyl sites for hydroxylation is 1. The second-order valence-electron chi connectivity index (χ2n) is 6.23. The second kappa shape index (κ2) is 9.14. The molecule has 0 aliphatic rings. The smallest absolute Gasteiger partial charge is 0.255 e. The number of hydrogen-bond donors (Lipinski definition) is 2. The standard InChI is InChI=1S/C22H22N2O2S/c1-2-16-5-9-18(10-6-16)22(26)24-19-11-7-17(8-12-19)14-21(25)23-15-20-4-3-13-27-20/h3-13H,2,14-15H2,1H3,(H,23,25)(H,24,26). The molecule has 0 fully saturated rings. The molecule has 0 atom stereocenters. The maximum atomic E-state index is 12.3. The van der Waals surface area contributed by atoms with E-state index in [-0.39, 0.29) is 11.8 Å². The van der Waals surface area contributed by atoms with Crippen molar-refractivity contribution in [1.29, 1.82) is 0 Å². The number of hydrogen-bond acceptors (Lipinski definition) is 3. The summed E-state index contributed by atoms with van der Waals surface area (Å²) in [6.07, 6.45) is 1.27. The van der Waals surface area contributed by atoms with Gasteiger partial charge in [-0.05, 0) is 53.3 Å². The zero-order valence-electron chi connectivity index (χ0n) is 15.2. The van der Waals surface area contributed by atoms with Crippen molar-refractivity contribution >= 4 is 28.8 Å². The predicted octanol–water partition coefficient (Wildman–Crippen LogP) is 4.42. The summed E-state index contributed by atoms with van der Waals surface area (Å²) in [4.78, 5) is 25.5. The molecule has 0 aliphatic carbocycles. The number of rotatable bonds is 7. The van der Waals surface area contributed by atoms with E-state index < -0.39 is 0 Å². The number of carbonyl (C=O) groups excluding carboxylic acids is 2. The van der Waals surface area contributed by atoms with Gasteiger partial charge in [0.15, 0.2) is 0 Å². The van der Waals surface area contributed by atoms with E-state index in [2.05, 4.69) is 17.6 Å². The Kier molecular flexibility index (Phi) is 6.39. The van der Waals surface area contributed by atoms with E-state index in [0.717, 1.165) is 16.9 Å². The topological polar surface area (TPSA) is 58.2 Å². The molecule has 1 heterocycles. The monoisotopic (exact) mass is 378 g/mol.